The number of hydrogen-bond donors (Lipinski definition) is 1. The zero-order chi connectivity index (χ0) is 22.2. The Balaban J connectivity index is 1.65. The summed E-state index contributed by atoms with van der Waals surface area (Å²) in [4.78, 5) is 21.1. The van der Waals surface area contributed by atoms with Gasteiger partial charge < -0.3 is 5.32 Å². The van der Waals surface area contributed by atoms with Crippen LogP contribution in [0.5, 0.6) is 0 Å². The van der Waals surface area contributed by atoms with Gasteiger partial charge in [-0.05, 0) is 55.3 Å². The van der Waals surface area contributed by atoms with Gasteiger partial charge in [0.15, 0.2) is 5.82 Å². The molecular weight excluding hydrogens is 416 g/mol. The third-order valence-corrected chi connectivity index (χ3v) is 6.40. The number of carbonyl (C=O) groups is 1. The Hall–Kier alpha value is -3.27. The zero-order valence-corrected chi connectivity index (χ0v) is 18.4. The van der Waals surface area contributed by atoms with Crippen LogP contribution in [0.1, 0.15) is 53.1 Å². The Morgan fingerprint density at radius 1 is 1.23 bits per heavy atom. The van der Waals surface area contributed by atoms with Crippen molar-refractivity contribution >= 4 is 21.6 Å². The van der Waals surface area contributed by atoms with Crippen molar-refractivity contribution in [2.75, 3.05) is 17.1 Å². The largest absolute Gasteiger partial charge is 0.348 e. The molecule has 0 fully saturated rings. The highest BCUT2D eigenvalue weighted by Crippen LogP contribution is 2.40. The number of aromatic nitrogens is 4. The van der Waals surface area contributed by atoms with Gasteiger partial charge in [-0.3, -0.25) is 18.8 Å². The molecule has 0 bridgehead atoms. The van der Waals surface area contributed by atoms with E-state index in [4.69, 9.17) is 0 Å². The zero-order valence-electron chi connectivity index (χ0n) is 17.6. The van der Waals surface area contributed by atoms with Gasteiger partial charge in [0.1, 0.15) is 6.33 Å². The Morgan fingerprint density at radius 2 is 1.97 bits per heavy atom. The summed E-state index contributed by atoms with van der Waals surface area (Å²) in [5.74, 6) is -0.0510. The second-order valence-corrected chi connectivity index (χ2v) is 9.74. The van der Waals surface area contributed by atoms with E-state index in [0.29, 0.717) is 23.6 Å². The first-order chi connectivity index (χ1) is 14.7. The summed E-state index contributed by atoms with van der Waals surface area (Å²) in [6.45, 7) is 4.57. The fourth-order valence-electron chi connectivity index (χ4n) is 3.58. The van der Waals surface area contributed by atoms with E-state index in [1.165, 1.54) is 10.6 Å². The van der Waals surface area contributed by atoms with E-state index in [2.05, 4.69) is 20.4 Å². The normalized spacial score (nSPS) is 15.9. The number of fused-ring (bicyclic) bond motifs is 1. The van der Waals surface area contributed by atoms with Crippen molar-refractivity contribution in [1.82, 2.24) is 25.1 Å². The van der Waals surface area contributed by atoms with Crippen LogP contribution in [0.4, 0.5) is 5.69 Å². The van der Waals surface area contributed by atoms with E-state index in [0.717, 1.165) is 11.1 Å². The molecule has 3 aromatic rings. The molecular formula is C21H24N6O3S. The number of sulfonamides is 1. The summed E-state index contributed by atoms with van der Waals surface area (Å²) in [6, 6.07) is 8.86. The van der Waals surface area contributed by atoms with Gasteiger partial charge in [-0.25, -0.2) is 13.4 Å². The summed E-state index contributed by atoms with van der Waals surface area (Å²) in [5, 5.41) is 7.42. The van der Waals surface area contributed by atoms with Gasteiger partial charge in [0.2, 0.25) is 10.0 Å². The highest BCUT2D eigenvalue weighted by atomic mass is 32.2. The average Bonchev–Trinajstić information content (AvgIpc) is 3.37. The van der Waals surface area contributed by atoms with Gasteiger partial charge in [0, 0.05) is 37.1 Å². The van der Waals surface area contributed by atoms with Crippen molar-refractivity contribution in [1.29, 1.82) is 0 Å². The lowest BCUT2D eigenvalue weighted by atomic mass is 9.98. The summed E-state index contributed by atoms with van der Waals surface area (Å²) < 4.78 is 27.8. The number of nitrogens with zero attached hydrogens (tertiary/aromatic N) is 5. The van der Waals surface area contributed by atoms with Gasteiger partial charge in [0.25, 0.3) is 5.91 Å². The van der Waals surface area contributed by atoms with Crippen LogP contribution >= 0.6 is 0 Å². The van der Waals surface area contributed by atoms with Crippen LogP contribution in [0.25, 0.3) is 0 Å². The van der Waals surface area contributed by atoms with Crippen LogP contribution in [-0.4, -0.2) is 46.9 Å². The van der Waals surface area contributed by atoms with E-state index >= 15 is 0 Å². The average molecular weight is 441 g/mol. The predicted molar refractivity (Wildman–Crippen MR) is 116 cm³/mol. The lowest BCUT2D eigenvalue weighted by molar-refractivity contribution is 0.0951. The second-order valence-electron chi connectivity index (χ2n) is 7.83. The lowest BCUT2D eigenvalue weighted by Gasteiger charge is -2.16. The maximum absolute atomic E-state index is 12.7. The number of anilines is 1. The summed E-state index contributed by atoms with van der Waals surface area (Å²) in [6.07, 6.45) is 6.16. The fourth-order valence-corrected chi connectivity index (χ4v) is 4.52. The molecule has 1 aliphatic rings. The van der Waals surface area contributed by atoms with E-state index in [1.807, 2.05) is 26.0 Å². The van der Waals surface area contributed by atoms with Crippen molar-refractivity contribution in [3.63, 3.8) is 0 Å². The smallest absolute Gasteiger partial charge is 0.251 e. The second kappa shape index (κ2) is 8.10. The van der Waals surface area contributed by atoms with Crippen LogP contribution < -0.4 is 9.62 Å². The molecule has 31 heavy (non-hydrogen) atoms. The fraction of sp³-hybridized carbons (Fsp3) is 0.333. The molecule has 1 aromatic carbocycles. The molecule has 1 N–H and O–H groups in total. The van der Waals surface area contributed by atoms with Crippen LogP contribution in [0.3, 0.4) is 0 Å². The SMILES string of the molecule is CC(C)n1cnc(C2CN(S(C)(=O)=O)c3ccc(C(=O)NCc4ccncc4)cc32)n1. The van der Waals surface area contributed by atoms with Crippen molar-refractivity contribution in [3.8, 4) is 0 Å². The summed E-state index contributed by atoms with van der Waals surface area (Å²) in [5.41, 5.74) is 2.67. The minimum Gasteiger partial charge on any atom is -0.348 e. The molecule has 1 amide bonds. The topological polar surface area (TPSA) is 110 Å². The first kappa shape index (κ1) is 21.0. The van der Waals surface area contributed by atoms with Crippen molar-refractivity contribution < 1.29 is 13.2 Å². The number of rotatable bonds is 6. The third kappa shape index (κ3) is 4.29. The van der Waals surface area contributed by atoms with Gasteiger partial charge in [-0.2, -0.15) is 5.10 Å². The van der Waals surface area contributed by atoms with E-state index < -0.39 is 10.0 Å². The molecule has 1 unspecified atom stereocenters. The Labute approximate surface area is 181 Å². The molecule has 162 valence electrons. The van der Waals surface area contributed by atoms with Gasteiger partial charge >= 0.3 is 0 Å². The molecule has 0 spiro atoms. The first-order valence-corrected chi connectivity index (χ1v) is 11.8. The maximum Gasteiger partial charge on any atom is 0.251 e. The molecule has 0 saturated carbocycles. The molecule has 10 heteroatoms. The number of hydrogen-bond acceptors (Lipinski definition) is 6. The number of amides is 1. The summed E-state index contributed by atoms with van der Waals surface area (Å²) in [7, 11) is -3.48. The first-order valence-electron chi connectivity index (χ1n) is 9.94. The number of carbonyl (C=O) groups excluding carboxylic acids is 1. The quantitative estimate of drug-likeness (QED) is 0.629. The van der Waals surface area contributed by atoms with Gasteiger partial charge in [-0.15, -0.1) is 0 Å². The number of pyridine rings is 1. The van der Waals surface area contributed by atoms with Crippen molar-refractivity contribution in [2.24, 2.45) is 0 Å². The van der Waals surface area contributed by atoms with E-state index in [9.17, 15) is 13.2 Å². The molecule has 4 rings (SSSR count). The molecule has 9 nitrogen and oxygen atoms in total. The van der Waals surface area contributed by atoms with Gasteiger partial charge in [0.05, 0.1) is 17.9 Å². The molecule has 3 heterocycles. The van der Waals surface area contributed by atoms with E-state index in [1.54, 1.807) is 41.6 Å². The maximum atomic E-state index is 12.7. The monoisotopic (exact) mass is 440 g/mol. The standard InChI is InChI=1S/C21H24N6O3S/c1-14(2)26-13-24-20(25-26)18-12-27(31(3,29)30)19-5-4-16(10-17(18)19)21(28)23-11-15-6-8-22-9-7-15/h4-10,13-14,18H,11-12H2,1-3H3,(H,23,28). The van der Waals surface area contributed by atoms with E-state index in [-0.39, 0.29) is 24.4 Å². The third-order valence-electron chi connectivity index (χ3n) is 5.25. The Kier molecular flexibility index (Phi) is 5.48. The molecule has 1 aliphatic heterocycles. The van der Waals surface area contributed by atoms with Crippen molar-refractivity contribution in [2.45, 2.75) is 32.4 Å². The van der Waals surface area contributed by atoms with Crippen LogP contribution in [-0.2, 0) is 16.6 Å². The molecule has 0 aliphatic carbocycles. The van der Waals surface area contributed by atoms with Crippen molar-refractivity contribution in [3.05, 3.63) is 71.6 Å². The Bertz CT molecular complexity index is 1210. The Morgan fingerprint density at radius 3 is 2.61 bits per heavy atom. The summed E-state index contributed by atoms with van der Waals surface area (Å²) >= 11 is 0. The minimum absolute atomic E-state index is 0.137. The van der Waals surface area contributed by atoms with Crippen LogP contribution in [0.2, 0.25) is 0 Å². The van der Waals surface area contributed by atoms with Gasteiger partial charge in [-0.1, -0.05) is 0 Å². The predicted octanol–water partition coefficient (Wildman–Crippen LogP) is 2.10. The minimum atomic E-state index is -3.48. The molecule has 2 aromatic heterocycles. The molecule has 0 saturated heterocycles. The highest BCUT2D eigenvalue weighted by molar-refractivity contribution is 7.92. The van der Waals surface area contributed by atoms with Crippen LogP contribution in [0.15, 0.2) is 49.1 Å². The number of benzene rings is 1. The molecule has 0 radical (unpaired) electrons. The lowest BCUT2D eigenvalue weighted by Crippen LogP contribution is -2.29. The number of nitrogens with one attached hydrogen (secondary N) is 1. The molecule has 1 atom stereocenters. The highest BCUT2D eigenvalue weighted by Gasteiger charge is 2.37. The van der Waals surface area contributed by atoms with Crippen LogP contribution in [0, 0.1) is 0 Å².